The Bertz CT molecular complexity index is 679. The third-order valence-electron chi connectivity index (χ3n) is 2.75. The molecule has 1 heterocycles. The summed E-state index contributed by atoms with van der Waals surface area (Å²) in [6.07, 6.45) is 0.574. The zero-order chi connectivity index (χ0) is 14.8. The van der Waals surface area contributed by atoms with Gasteiger partial charge < -0.3 is 4.90 Å². The Morgan fingerprint density at radius 2 is 1.85 bits per heavy atom. The first-order valence-corrected chi connectivity index (χ1v) is 7.61. The van der Waals surface area contributed by atoms with Crippen LogP contribution in [-0.2, 0) is 16.4 Å². The molecule has 0 bridgehead atoms. The number of rotatable bonds is 5. The third-order valence-corrected chi connectivity index (χ3v) is 3.53. The molecule has 0 radical (unpaired) electrons. The van der Waals surface area contributed by atoms with E-state index in [4.69, 9.17) is 5.14 Å². The molecule has 1 aromatic heterocycles. The molecule has 0 aliphatic rings. The first kappa shape index (κ1) is 14.6. The quantitative estimate of drug-likeness (QED) is 0.839. The van der Waals surface area contributed by atoms with Crippen LogP contribution in [0.25, 0.3) is 5.69 Å². The van der Waals surface area contributed by atoms with Gasteiger partial charge in [0.05, 0.1) is 0 Å². The minimum absolute atomic E-state index is 0.238. The number of hydrogen-bond donors (Lipinski definition) is 1. The van der Waals surface area contributed by atoms with Crippen LogP contribution in [0, 0.1) is 0 Å². The van der Waals surface area contributed by atoms with E-state index < -0.39 is 10.0 Å². The van der Waals surface area contributed by atoms with Crippen LogP contribution in [0.3, 0.4) is 0 Å². The SMILES string of the molecule is CN(C)CCc1nnc(S(N)(=O)=O)n1-c1ccccc1. The van der Waals surface area contributed by atoms with Gasteiger partial charge in [-0.1, -0.05) is 18.2 Å². The number of hydrogen-bond acceptors (Lipinski definition) is 5. The highest BCUT2D eigenvalue weighted by molar-refractivity contribution is 7.89. The van der Waals surface area contributed by atoms with Crippen molar-refractivity contribution in [3.8, 4) is 5.69 Å². The highest BCUT2D eigenvalue weighted by Crippen LogP contribution is 2.16. The van der Waals surface area contributed by atoms with Gasteiger partial charge in [-0.05, 0) is 26.2 Å². The lowest BCUT2D eigenvalue weighted by Gasteiger charge is -2.11. The van der Waals surface area contributed by atoms with Gasteiger partial charge in [0, 0.05) is 18.7 Å². The summed E-state index contributed by atoms with van der Waals surface area (Å²) in [6, 6.07) is 9.06. The smallest absolute Gasteiger partial charge is 0.274 e. The summed E-state index contributed by atoms with van der Waals surface area (Å²) in [5.41, 5.74) is 0.676. The van der Waals surface area contributed by atoms with Gasteiger partial charge in [0.15, 0.2) is 0 Å². The molecule has 7 nitrogen and oxygen atoms in total. The number of para-hydroxylation sites is 1. The zero-order valence-electron chi connectivity index (χ0n) is 11.4. The van der Waals surface area contributed by atoms with Gasteiger partial charge >= 0.3 is 0 Å². The highest BCUT2D eigenvalue weighted by atomic mass is 32.2. The van der Waals surface area contributed by atoms with Gasteiger partial charge in [0.25, 0.3) is 15.2 Å². The average molecular weight is 295 g/mol. The molecule has 0 spiro atoms. The van der Waals surface area contributed by atoms with Crippen molar-refractivity contribution in [3.05, 3.63) is 36.2 Å². The number of primary sulfonamides is 1. The highest BCUT2D eigenvalue weighted by Gasteiger charge is 2.22. The Kier molecular flexibility index (Phi) is 4.17. The largest absolute Gasteiger partial charge is 0.309 e. The molecule has 0 aliphatic carbocycles. The minimum atomic E-state index is -3.92. The lowest BCUT2D eigenvalue weighted by atomic mass is 10.3. The molecule has 2 aromatic rings. The van der Waals surface area contributed by atoms with Crippen LogP contribution in [0.5, 0.6) is 0 Å². The van der Waals surface area contributed by atoms with Crippen LogP contribution < -0.4 is 5.14 Å². The first-order valence-electron chi connectivity index (χ1n) is 6.07. The second kappa shape index (κ2) is 5.70. The molecule has 108 valence electrons. The van der Waals surface area contributed by atoms with Crippen LogP contribution in [0.1, 0.15) is 5.82 Å². The topological polar surface area (TPSA) is 94.1 Å². The van der Waals surface area contributed by atoms with Crippen molar-refractivity contribution in [1.29, 1.82) is 0 Å². The molecule has 0 saturated heterocycles. The molecule has 0 atom stereocenters. The lowest BCUT2D eigenvalue weighted by molar-refractivity contribution is 0.408. The van der Waals surface area contributed by atoms with Crippen LogP contribution in [-0.4, -0.2) is 48.7 Å². The number of likely N-dealkylation sites (N-methyl/N-ethyl adjacent to an activating group) is 1. The number of benzene rings is 1. The van der Waals surface area contributed by atoms with Crippen molar-refractivity contribution in [2.45, 2.75) is 11.6 Å². The minimum Gasteiger partial charge on any atom is -0.309 e. The second-order valence-corrected chi connectivity index (χ2v) is 6.12. The molecule has 0 amide bonds. The fourth-order valence-electron chi connectivity index (χ4n) is 1.81. The van der Waals surface area contributed by atoms with E-state index in [1.807, 2.05) is 37.2 Å². The standard InChI is InChI=1S/C12H17N5O2S/c1-16(2)9-8-11-14-15-12(20(13,18)19)17(11)10-6-4-3-5-7-10/h3-7H,8-9H2,1-2H3,(H2,13,18,19). The Balaban J connectivity index is 2.52. The summed E-state index contributed by atoms with van der Waals surface area (Å²) in [5, 5.41) is 12.6. The maximum atomic E-state index is 11.6. The van der Waals surface area contributed by atoms with Crippen molar-refractivity contribution in [1.82, 2.24) is 19.7 Å². The maximum Gasteiger partial charge on any atom is 0.274 e. The fraction of sp³-hybridized carbons (Fsp3) is 0.333. The average Bonchev–Trinajstić information content (AvgIpc) is 2.81. The predicted molar refractivity (Wildman–Crippen MR) is 75.0 cm³/mol. The van der Waals surface area contributed by atoms with E-state index in [0.717, 1.165) is 6.54 Å². The number of nitrogens with zero attached hydrogens (tertiary/aromatic N) is 4. The molecule has 8 heteroatoms. The van der Waals surface area contributed by atoms with Crippen LogP contribution >= 0.6 is 0 Å². The Hall–Kier alpha value is -1.77. The zero-order valence-corrected chi connectivity index (χ0v) is 12.2. The third kappa shape index (κ3) is 3.21. The van der Waals surface area contributed by atoms with E-state index in [1.165, 1.54) is 4.57 Å². The molecule has 20 heavy (non-hydrogen) atoms. The summed E-state index contributed by atoms with van der Waals surface area (Å²) >= 11 is 0. The van der Waals surface area contributed by atoms with Crippen molar-refractivity contribution < 1.29 is 8.42 Å². The number of nitrogens with two attached hydrogens (primary N) is 1. The molecule has 1 aromatic carbocycles. The first-order chi connectivity index (χ1) is 9.39. The predicted octanol–water partition coefficient (Wildman–Crippen LogP) is 0.0188. The van der Waals surface area contributed by atoms with Crippen molar-refractivity contribution >= 4 is 10.0 Å². The summed E-state index contributed by atoms with van der Waals surface area (Å²) in [5.74, 6) is 0.564. The molecule has 0 aliphatic heterocycles. The van der Waals surface area contributed by atoms with Gasteiger partial charge in [-0.15, -0.1) is 10.2 Å². The second-order valence-electron chi connectivity index (χ2n) is 4.67. The van der Waals surface area contributed by atoms with E-state index in [-0.39, 0.29) is 5.16 Å². The summed E-state index contributed by atoms with van der Waals surface area (Å²) in [4.78, 5) is 1.99. The van der Waals surface area contributed by atoms with E-state index in [2.05, 4.69) is 10.2 Å². The van der Waals surface area contributed by atoms with Gasteiger partial charge in [0.2, 0.25) is 0 Å². The molecule has 2 rings (SSSR count). The van der Waals surface area contributed by atoms with Gasteiger partial charge in [0.1, 0.15) is 5.82 Å². The summed E-state index contributed by atoms with van der Waals surface area (Å²) in [7, 11) is -0.0549. The Morgan fingerprint density at radius 3 is 2.40 bits per heavy atom. The van der Waals surface area contributed by atoms with Gasteiger partial charge in [-0.3, -0.25) is 4.57 Å². The molecule has 0 fully saturated rings. The molecule has 0 saturated carbocycles. The molecule has 0 unspecified atom stereocenters. The monoisotopic (exact) mass is 295 g/mol. The van der Waals surface area contributed by atoms with E-state index in [9.17, 15) is 8.42 Å². The molecular weight excluding hydrogens is 278 g/mol. The lowest BCUT2D eigenvalue weighted by Crippen LogP contribution is -2.20. The normalized spacial score (nSPS) is 12.0. The van der Waals surface area contributed by atoms with Crippen LogP contribution in [0.2, 0.25) is 0 Å². The molecular formula is C12H17N5O2S. The van der Waals surface area contributed by atoms with Crippen molar-refractivity contribution in [2.24, 2.45) is 5.14 Å². The number of aromatic nitrogens is 3. The van der Waals surface area contributed by atoms with E-state index in [0.29, 0.717) is 17.9 Å². The summed E-state index contributed by atoms with van der Waals surface area (Å²) in [6.45, 7) is 0.732. The number of sulfonamides is 1. The summed E-state index contributed by atoms with van der Waals surface area (Å²) < 4.78 is 24.7. The van der Waals surface area contributed by atoms with Crippen LogP contribution in [0.15, 0.2) is 35.5 Å². The molecule has 2 N–H and O–H groups in total. The van der Waals surface area contributed by atoms with Crippen molar-refractivity contribution in [2.75, 3.05) is 20.6 Å². The van der Waals surface area contributed by atoms with Gasteiger partial charge in [-0.25, -0.2) is 13.6 Å². The fourth-order valence-corrected chi connectivity index (χ4v) is 2.43. The Morgan fingerprint density at radius 1 is 1.20 bits per heavy atom. The van der Waals surface area contributed by atoms with Crippen molar-refractivity contribution in [3.63, 3.8) is 0 Å². The van der Waals surface area contributed by atoms with E-state index in [1.54, 1.807) is 12.1 Å². The maximum absolute atomic E-state index is 11.6. The van der Waals surface area contributed by atoms with Gasteiger partial charge in [-0.2, -0.15) is 0 Å². The van der Waals surface area contributed by atoms with E-state index >= 15 is 0 Å². The van der Waals surface area contributed by atoms with Crippen LogP contribution in [0.4, 0.5) is 0 Å². The Labute approximate surface area is 118 Å².